The number of carbonyl (C=O) groups is 1. The van der Waals surface area contributed by atoms with Gasteiger partial charge in [-0.15, -0.1) is 0 Å². The number of nitrogens with two attached hydrogens (primary N) is 1. The molecule has 0 bridgehead atoms. The zero-order valence-electron chi connectivity index (χ0n) is 19.3. The molecule has 0 aliphatic heterocycles. The highest BCUT2D eigenvalue weighted by molar-refractivity contribution is 6.99. The number of rotatable bonds is 8. The summed E-state index contributed by atoms with van der Waals surface area (Å²) in [5, 5.41) is 2.00. The van der Waals surface area contributed by atoms with E-state index >= 15 is 4.39 Å². The Morgan fingerprint density at radius 3 is 1.97 bits per heavy atom. The fourth-order valence-electron chi connectivity index (χ4n) is 4.41. The van der Waals surface area contributed by atoms with Crippen LogP contribution in [0.15, 0.2) is 78.9 Å². The molecule has 32 heavy (non-hydrogen) atoms. The molecule has 168 valence electrons. The van der Waals surface area contributed by atoms with Crippen molar-refractivity contribution < 1.29 is 13.6 Å². The summed E-state index contributed by atoms with van der Waals surface area (Å²) in [7, 11) is -2.81. The highest BCUT2D eigenvalue weighted by atomic mass is 28.4. The van der Waals surface area contributed by atoms with Gasteiger partial charge in [0.2, 0.25) is 5.91 Å². The van der Waals surface area contributed by atoms with Crippen molar-refractivity contribution >= 4 is 24.6 Å². The van der Waals surface area contributed by atoms with Gasteiger partial charge in [-0.05, 0) is 34.0 Å². The Balaban J connectivity index is 1.95. The average molecular weight is 450 g/mol. The van der Waals surface area contributed by atoms with Crippen LogP contribution in [0.4, 0.5) is 4.39 Å². The largest absolute Gasteiger partial charge is 0.404 e. The molecular formula is C27H32FNO2Si. The SMILES string of the molecule is Cc1ccc(C(N)=O)c(CC(F)CO[Si](c2ccccc2)(c2ccccc2)C(C)(C)C)c1. The summed E-state index contributed by atoms with van der Waals surface area (Å²) >= 11 is 0. The summed E-state index contributed by atoms with van der Waals surface area (Å²) in [5.41, 5.74) is 7.46. The van der Waals surface area contributed by atoms with E-state index in [9.17, 15) is 4.79 Å². The number of amides is 1. The summed E-state index contributed by atoms with van der Waals surface area (Å²) in [6.07, 6.45) is -1.19. The van der Waals surface area contributed by atoms with E-state index in [4.69, 9.17) is 10.2 Å². The van der Waals surface area contributed by atoms with Crippen molar-refractivity contribution in [1.29, 1.82) is 0 Å². The van der Waals surface area contributed by atoms with Gasteiger partial charge in [-0.2, -0.15) is 0 Å². The van der Waals surface area contributed by atoms with Gasteiger partial charge < -0.3 is 10.2 Å². The fraction of sp³-hybridized carbons (Fsp3) is 0.296. The second-order valence-corrected chi connectivity index (χ2v) is 13.6. The zero-order chi connectivity index (χ0) is 23.4. The van der Waals surface area contributed by atoms with Crippen molar-refractivity contribution in [3.05, 3.63) is 95.6 Å². The molecule has 5 heteroatoms. The molecule has 0 spiro atoms. The number of aryl methyl sites for hydroxylation is 1. The second-order valence-electron chi connectivity index (χ2n) is 9.30. The Labute approximate surface area is 191 Å². The lowest BCUT2D eigenvalue weighted by molar-refractivity contribution is 0.0998. The lowest BCUT2D eigenvalue weighted by atomic mass is 9.99. The topological polar surface area (TPSA) is 52.3 Å². The zero-order valence-corrected chi connectivity index (χ0v) is 20.3. The lowest BCUT2D eigenvalue weighted by Gasteiger charge is -2.43. The molecule has 0 saturated carbocycles. The molecule has 0 aromatic heterocycles. The summed E-state index contributed by atoms with van der Waals surface area (Å²) in [5.74, 6) is -0.542. The Morgan fingerprint density at radius 1 is 0.969 bits per heavy atom. The third-order valence-corrected chi connectivity index (χ3v) is 10.9. The first-order chi connectivity index (χ1) is 15.1. The molecule has 1 atom stereocenters. The van der Waals surface area contributed by atoms with Crippen molar-refractivity contribution in [2.24, 2.45) is 5.73 Å². The van der Waals surface area contributed by atoms with Crippen LogP contribution in [0.3, 0.4) is 0 Å². The van der Waals surface area contributed by atoms with Crippen LogP contribution in [-0.4, -0.2) is 27.0 Å². The van der Waals surface area contributed by atoms with Gasteiger partial charge in [0.25, 0.3) is 8.32 Å². The van der Waals surface area contributed by atoms with Crippen molar-refractivity contribution in [3.63, 3.8) is 0 Å². The summed E-state index contributed by atoms with van der Waals surface area (Å²) in [6.45, 7) is 8.36. The molecule has 0 aliphatic rings. The number of carbonyl (C=O) groups excluding carboxylic acids is 1. The summed E-state index contributed by atoms with van der Waals surface area (Å²) in [4.78, 5) is 11.8. The van der Waals surface area contributed by atoms with Crippen LogP contribution >= 0.6 is 0 Å². The first-order valence-electron chi connectivity index (χ1n) is 10.9. The molecule has 0 radical (unpaired) electrons. The Kier molecular flexibility index (Phi) is 7.32. The maximum absolute atomic E-state index is 15.4. The number of hydrogen-bond donors (Lipinski definition) is 1. The van der Waals surface area contributed by atoms with E-state index in [1.165, 1.54) is 0 Å². The lowest BCUT2D eigenvalue weighted by Crippen LogP contribution is -2.67. The molecule has 0 fully saturated rings. The van der Waals surface area contributed by atoms with Crippen molar-refractivity contribution in [2.45, 2.75) is 45.3 Å². The van der Waals surface area contributed by atoms with Crippen LogP contribution in [0.2, 0.25) is 5.04 Å². The van der Waals surface area contributed by atoms with Gasteiger partial charge in [0.05, 0.1) is 6.61 Å². The first-order valence-corrected chi connectivity index (χ1v) is 12.8. The smallest absolute Gasteiger partial charge is 0.261 e. The normalized spacial score (nSPS) is 13.0. The van der Waals surface area contributed by atoms with Crippen LogP contribution in [0, 0.1) is 6.92 Å². The first kappa shape index (κ1) is 23.9. The highest BCUT2D eigenvalue weighted by Crippen LogP contribution is 2.37. The van der Waals surface area contributed by atoms with Gasteiger partial charge in [-0.25, -0.2) is 4.39 Å². The Morgan fingerprint density at radius 2 is 1.50 bits per heavy atom. The van der Waals surface area contributed by atoms with Crippen molar-refractivity contribution in [1.82, 2.24) is 0 Å². The van der Waals surface area contributed by atoms with Gasteiger partial charge in [0.1, 0.15) is 6.17 Å². The van der Waals surface area contributed by atoms with Crippen LogP contribution in [0.5, 0.6) is 0 Å². The maximum atomic E-state index is 15.4. The number of primary amides is 1. The maximum Gasteiger partial charge on any atom is 0.261 e. The van der Waals surface area contributed by atoms with Crippen LogP contribution < -0.4 is 16.1 Å². The minimum absolute atomic E-state index is 0.0561. The van der Waals surface area contributed by atoms with E-state index < -0.39 is 20.4 Å². The van der Waals surface area contributed by atoms with Gasteiger partial charge in [0, 0.05) is 12.0 Å². The predicted octanol–water partition coefficient (Wildman–Crippen LogP) is 4.55. The van der Waals surface area contributed by atoms with Gasteiger partial charge in [-0.1, -0.05) is 99.1 Å². The van der Waals surface area contributed by atoms with E-state index in [0.29, 0.717) is 11.1 Å². The van der Waals surface area contributed by atoms with Gasteiger partial charge in [0.15, 0.2) is 0 Å². The third kappa shape index (κ3) is 5.00. The van der Waals surface area contributed by atoms with Crippen molar-refractivity contribution in [2.75, 3.05) is 6.61 Å². The molecule has 0 saturated heterocycles. The van der Waals surface area contributed by atoms with Crippen molar-refractivity contribution in [3.8, 4) is 0 Å². The molecule has 2 N–H and O–H groups in total. The standard InChI is InChI=1S/C27H32FNO2Si/c1-20-15-16-25(26(29)30)21(17-20)18-22(28)19-31-32(27(2,3)4,23-11-7-5-8-12-23)24-13-9-6-10-14-24/h5-17,22H,18-19H2,1-4H3,(H2,29,30). The third-order valence-electron chi connectivity index (χ3n) is 5.87. The molecule has 0 heterocycles. The Hall–Kier alpha value is -2.76. The van der Waals surface area contributed by atoms with E-state index in [0.717, 1.165) is 15.9 Å². The average Bonchev–Trinajstić information content (AvgIpc) is 2.74. The fourth-order valence-corrected chi connectivity index (χ4v) is 8.99. The second kappa shape index (κ2) is 9.80. The number of alkyl halides is 1. The molecule has 3 aromatic carbocycles. The van der Waals surface area contributed by atoms with Gasteiger partial charge >= 0.3 is 0 Å². The highest BCUT2D eigenvalue weighted by Gasteiger charge is 2.50. The molecule has 3 aromatic rings. The molecule has 1 amide bonds. The number of benzene rings is 3. The molecule has 1 unspecified atom stereocenters. The molecule has 0 aliphatic carbocycles. The monoisotopic (exact) mass is 449 g/mol. The quantitative estimate of drug-likeness (QED) is 0.513. The Bertz CT molecular complexity index is 1010. The van der Waals surface area contributed by atoms with E-state index in [1.807, 2.05) is 55.5 Å². The van der Waals surface area contributed by atoms with E-state index in [1.54, 1.807) is 6.07 Å². The van der Waals surface area contributed by atoms with E-state index in [2.05, 4.69) is 45.0 Å². The van der Waals surface area contributed by atoms with E-state index in [-0.39, 0.29) is 18.1 Å². The number of halogens is 1. The molecule has 3 nitrogen and oxygen atoms in total. The summed E-state index contributed by atoms with van der Waals surface area (Å²) < 4.78 is 22.0. The molecule has 3 rings (SSSR count). The van der Waals surface area contributed by atoms with Crippen LogP contribution in [0.1, 0.15) is 42.3 Å². The van der Waals surface area contributed by atoms with Gasteiger partial charge in [-0.3, -0.25) is 4.79 Å². The molecular weight excluding hydrogens is 417 g/mol. The number of hydrogen-bond acceptors (Lipinski definition) is 2. The van der Waals surface area contributed by atoms with Crippen LogP contribution in [-0.2, 0) is 10.8 Å². The summed E-state index contributed by atoms with van der Waals surface area (Å²) in [6, 6.07) is 25.7. The minimum atomic E-state index is -2.81. The van der Waals surface area contributed by atoms with Crippen LogP contribution in [0.25, 0.3) is 0 Å². The minimum Gasteiger partial charge on any atom is -0.404 e. The predicted molar refractivity (Wildman–Crippen MR) is 132 cm³/mol.